The Morgan fingerprint density at radius 3 is 2.83 bits per heavy atom. The van der Waals surface area contributed by atoms with Crippen molar-refractivity contribution in [1.29, 1.82) is 0 Å². The fourth-order valence-corrected chi connectivity index (χ4v) is 2.88. The maximum absolute atomic E-state index is 12.5. The van der Waals surface area contributed by atoms with Gasteiger partial charge in [-0.2, -0.15) is 0 Å². The van der Waals surface area contributed by atoms with Crippen molar-refractivity contribution in [3.05, 3.63) is 47.5 Å². The number of aromatic nitrogens is 6. The van der Waals surface area contributed by atoms with Gasteiger partial charge in [-0.15, -0.1) is 15.3 Å². The lowest BCUT2D eigenvalue weighted by atomic mass is 10.1. The van der Waals surface area contributed by atoms with E-state index < -0.39 is 17.9 Å². The second-order valence-electron chi connectivity index (χ2n) is 6.89. The molecule has 1 atom stereocenters. The van der Waals surface area contributed by atoms with Crippen molar-refractivity contribution in [2.45, 2.75) is 32.4 Å². The van der Waals surface area contributed by atoms with E-state index in [1.165, 1.54) is 0 Å². The summed E-state index contributed by atoms with van der Waals surface area (Å²) >= 11 is 0. The number of benzene rings is 1. The molecule has 11 nitrogen and oxygen atoms in total. The number of nitrogens with zero attached hydrogens (tertiary/aromatic N) is 5. The Morgan fingerprint density at radius 1 is 1.28 bits per heavy atom. The van der Waals surface area contributed by atoms with Gasteiger partial charge in [-0.05, 0) is 19.4 Å². The van der Waals surface area contributed by atoms with Crippen LogP contribution in [0.15, 0.2) is 30.3 Å². The Labute approximate surface area is 165 Å². The van der Waals surface area contributed by atoms with E-state index in [1.807, 2.05) is 44.2 Å². The Kier molecular flexibility index (Phi) is 4.94. The van der Waals surface area contributed by atoms with Crippen LogP contribution in [0.1, 0.15) is 41.9 Å². The van der Waals surface area contributed by atoms with Gasteiger partial charge in [0, 0.05) is 6.42 Å². The van der Waals surface area contributed by atoms with Crippen LogP contribution < -0.4 is 15.4 Å². The monoisotopic (exact) mass is 396 g/mol. The molecular weight excluding hydrogens is 376 g/mol. The number of hydrogen-bond donors (Lipinski definition) is 3. The van der Waals surface area contributed by atoms with Gasteiger partial charge in [-0.25, -0.2) is 4.68 Å². The van der Waals surface area contributed by atoms with E-state index >= 15 is 0 Å². The van der Waals surface area contributed by atoms with Crippen LogP contribution in [0.2, 0.25) is 0 Å². The third-order valence-corrected chi connectivity index (χ3v) is 4.35. The summed E-state index contributed by atoms with van der Waals surface area (Å²) in [6, 6.07) is 8.78. The average Bonchev–Trinajstić information content (AvgIpc) is 3.29. The van der Waals surface area contributed by atoms with E-state index in [4.69, 9.17) is 4.74 Å². The van der Waals surface area contributed by atoms with Crippen LogP contribution >= 0.6 is 0 Å². The summed E-state index contributed by atoms with van der Waals surface area (Å²) in [7, 11) is 0. The van der Waals surface area contributed by atoms with Crippen molar-refractivity contribution < 1.29 is 14.3 Å². The second-order valence-corrected chi connectivity index (χ2v) is 6.89. The topological polar surface area (TPSA) is 140 Å². The van der Waals surface area contributed by atoms with Gasteiger partial charge in [0.1, 0.15) is 18.5 Å². The highest BCUT2D eigenvalue weighted by Gasteiger charge is 2.31. The number of aromatic amines is 1. The number of anilines is 1. The molecule has 3 N–H and O–H groups in total. The largest absolute Gasteiger partial charge is 0.472 e. The molecule has 0 saturated heterocycles. The maximum Gasteiger partial charge on any atom is 0.289 e. The van der Waals surface area contributed by atoms with Crippen LogP contribution in [0.5, 0.6) is 5.88 Å². The number of nitrogens with one attached hydrogen (secondary N) is 3. The summed E-state index contributed by atoms with van der Waals surface area (Å²) in [6.07, 6.45) is 0.515. The lowest BCUT2D eigenvalue weighted by molar-refractivity contribution is -0.118. The molecule has 0 radical (unpaired) electrons. The van der Waals surface area contributed by atoms with Gasteiger partial charge in [0.25, 0.3) is 17.7 Å². The first kappa shape index (κ1) is 18.6. The predicted molar refractivity (Wildman–Crippen MR) is 101 cm³/mol. The van der Waals surface area contributed by atoms with Crippen LogP contribution in [0.25, 0.3) is 0 Å². The Bertz CT molecular complexity index is 1030. The Balaban J connectivity index is 1.42. The Hall–Kier alpha value is -3.76. The molecule has 0 bridgehead atoms. The van der Waals surface area contributed by atoms with Gasteiger partial charge in [-0.3, -0.25) is 9.59 Å². The molecule has 0 unspecified atom stereocenters. The molecule has 150 valence electrons. The van der Waals surface area contributed by atoms with E-state index in [0.717, 1.165) is 5.56 Å². The number of hydrogen-bond acceptors (Lipinski definition) is 7. The third kappa shape index (κ3) is 3.93. The molecule has 3 heterocycles. The quantitative estimate of drug-likeness (QED) is 0.577. The van der Waals surface area contributed by atoms with E-state index in [0.29, 0.717) is 18.1 Å². The summed E-state index contributed by atoms with van der Waals surface area (Å²) in [4.78, 5) is 27.8. The molecule has 1 aromatic carbocycles. The van der Waals surface area contributed by atoms with Crippen LogP contribution in [0.3, 0.4) is 0 Å². The van der Waals surface area contributed by atoms with Gasteiger partial charge in [0.05, 0.1) is 6.04 Å². The van der Waals surface area contributed by atoms with E-state index in [-0.39, 0.29) is 24.3 Å². The molecule has 1 aliphatic rings. The van der Waals surface area contributed by atoms with E-state index in [2.05, 4.69) is 36.1 Å². The zero-order valence-electron chi connectivity index (χ0n) is 15.9. The summed E-state index contributed by atoms with van der Waals surface area (Å²) in [5.41, 5.74) is 1.04. The van der Waals surface area contributed by atoms with Crippen LogP contribution in [-0.4, -0.2) is 54.6 Å². The number of rotatable bonds is 5. The molecule has 29 heavy (non-hydrogen) atoms. The van der Waals surface area contributed by atoms with Gasteiger partial charge in [0.15, 0.2) is 0 Å². The maximum atomic E-state index is 12.5. The van der Waals surface area contributed by atoms with Crippen LogP contribution in [-0.2, 0) is 11.2 Å². The van der Waals surface area contributed by atoms with E-state index in [1.54, 1.807) is 4.68 Å². The minimum absolute atomic E-state index is 0.00604. The standard InChI is InChI=1S/C18H20N8O3/c1-10(2)26-18-15(24-25-26)21-16(27)12(9-29-18)19-17(28)14-20-13(22-23-14)8-11-6-4-3-5-7-11/h3-7,10,12H,8-9H2,1-2H3,(H,19,28)(H,21,27)(H,20,22,23)/t12-/m0/s1. The fraction of sp³-hybridized carbons (Fsp3) is 0.333. The summed E-state index contributed by atoms with van der Waals surface area (Å²) in [5.74, 6) is 0.163. The first-order valence-electron chi connectivity index (χ1n) is 9.16. The van der Waals surface area contributed by atoms with Crippen molar-refractivity contribution in [3.63, 3.8) is 0 Å². The minimum Gasteiger partial charge on any atom is -0.472 e. The molecule has 1 aliphatic heterocycles. The SMILES string of the molecule is CC(C)n1nnc2c1OC[C@H](NC(=O)c1nnc(Cc3ccccc3)[nH]1)C(=O)N2. The fourth-order valence-electron chi connectivity index (χ4n) is 2.88. The van der Waals surface area contributed by atoms with Gasteiger partial charge in [0.2, 0.25) is 11.6 Å². The van der Waals surface area contributed by atoms with Crippen molar-refractivity contribution in [2.75, 3.05) is 11.9 Å². The highest BCUT2D eigenvalue weighted by atomic mass is 16.5. The smallest absolute Gasteiger partial charge is 0.289 e. The molecule has 2 amide bonds. The normalized spacial score (nSPS) is 16.0. The van der Waals surface area contributed by atoms with Gasteiger partial charge < -0.3 is 20.4 Å². The molecule has 11 heteroatoms. The van der Waals surface area contributed by atoms with Crippen LogP contribution in [0, 0.1) is 0 Å². The lowest BCUT2D eigenvalue weighted by Crippen LogP contribution is -2.46. The number of H-pyrrole nitrogens is 1. The highest BCUT2D eigenvalue weighted by molar-refractivity contribution is 6.00. The van der Waals surface area contributed by atoms with Gasteiger partial charge >= 0.3 is 0 Å². The molecule has 0 spiro atoms. The Morgan fingerprint density at radius 2 is 2.07 bits per heavy atom. The highest BCUT2D eigenvalue weighted by Crippen LogP contribution is 2.26. The molecule has 3 aromatic rings. The van der Waals surface area contributed by atoms with E-state index in [9.17, 15) is 9.59 Å². The minimum atomic E-state index is -0.917. The first-order valence-corrected chi connectivity index (χ1v) is 9.16. The number of ether oxygens (including phenoxy) is 1. The van der Waals surface area contributed by atoms with Crippen molar-refractivity contribution in [2.24, 2.45) is 0 Å². The zero-order valence-corrected chi connectivity index (χ0v) is 15.9. The molecule has 0 fully saturated rings. The molecular formula is C18H20N8O3. The van der Waals surface area contributed by atoms with Crippen molar-refractivity contribution >= 4 is 17.6 Å². The predicted octanol–water partition coefficient (Wildman–Crippen LogP) is 0.697. The number of carbonyl (C=O) groups is 2. The molecule has 0 aliphatic carbocycles. The van der Waals surface area contributed by atoms with Crippen molar-refractivity contribution in [1.82, 2.24) is 35.5 Å². The zero-order chi connectivity index (χ0) is 20.4. The summed E-state index contributed by atoms with van der Waals surface area (Å²) in [5, 5.41) is 21.0. The lowest BCUT2D eigenvalue weighted by Gasteiger charge is -2.14. The summed E-state index contributed by atoms with van der Waals surface area (Å²) < 4.78 is 7.24. The van der Waals surface area contributed by atoms with Crippen molar-refractivity contribution in [3.8, 4) is 5.88 Å². The molecule has 2 aromatic heterocycles. The molecule has 4 rings (SSSR count). The second kappa shape index (κ2) is 7.70. The summed E-state index contributed by atoms with van der Waals surface area (Å²) in [6.45, 7) is 3.78. The average molecular weight is 396 g/mol. The van der Waals surface area contributed by atoms with Crippen LogP contribution in [0.4, 0.5) is 5.82 Å². The third-order valence-electron chi connectivity index (χ3n) is 4.35. The molecule has 0 saturated carbocycles. The first-order chi connectivity index (χ1) is 14.0. The number of amides is 2. The number of fused-ring (bicyclic) bond motifs is 1. The number of carbonyl (C=O) groups excluding carboxylic acids is 2. The van der Waals surface area contributed by atoms with Gasteiger partial charge in [-0.1, -0.05) is 35.5 Å².